The molecule has 2 heterocycles. The highest BCUT2D eigenvalue weighted by Gasteiger charge is 2.27. The standard InChI is InChI=1S/C14H23N3O/c1-14(15-2)6-9-16(10-7-14)11-12-17-8-4-3-5-13(17)18/h3-5,8,15H,6-7,9-12H2,1-2H3. The van der Waals surface area contributed by atoms with Crippen LogP contribution in [0, 0.1) is 0 Å². The Morgan fingerprint density at radius 2 is 2.00 bits per heavy atom. The van der Waals surface area contributed by atoms with Gasteiger partial charge in [-0.1, -0.05) is 6.07 Å². The predicted molar refractivity (Wildman–Crippen MR) is 73.8 cm³/mol. The Morgan fingerprint density at radius 3 is 2.61 bits per heavy atom. The van der Waals surface area contributed by atoms with E-state index in [4.69, 9.17) is 0 Å². The van der Waals surface area contributed by atoms with Crippen molar-refractivity contribution in [3.63, 3.8) is 0 Å². The Bertz CT molecular complexity index is 433. The molecule has 1 aromatic rings. The molecule has 0 atom stereocenters. The Hall–Kier alpha value is -1.13. The largest absolute Gasteiger partial charge is 0.314 e. The molecule has 0 radical (unpaired) electrons. The average molecular weight is 249 g/mol. The molecular formula is C14H23N3O. The molecule has 1 saturated heterocycles. The third-order valence-electron chi connectivity index (χ3n) is 4.12. The van der Waals surface area contributed by atoms with Crippen molar-refractivity contribution < 1.29 is 0 Å². The third-order valence-corrected chi connectivity index (χ3v) is 4.12. The van der Waals surface area contributed by atoms with E-state index in [2.05, 4.69) is 17.1 Å². The molecule has 0 unspecified atom stereocenters. The molecule has 1 fully saturated rings. The molecule has 0 spiro atoms. The molecule has 0 bridgehead atoms. The van der Waals surface area contributed by atoms with E-state index in [-0.39, 0.29) is 5.56 Å². The molecule has 100 valence electrons. The molecule has 1 aliphatic heterocycles. The molecule has 0 aliphatic carbocycles. The van der Waals surface area contributed by atoms with Crippen molar-refractivity contribution in [2.24, 2.45) is 0 Å². The molecule has 1 aromatic heterocycles. The zero-order valence-corrected chi connectivity index (χ0v) is 11.4. The van der Waals surface area contributed by atoms with Crippen LogP contribution in [0.25, 0.3) is 0 Å². The van der Waals surface area contributed by atoms with Gasteiger partial charge in [0, 0.05) is 30.9 Å². The van der Waals surface area contributed by atoms with Crippen molar-refractivity contribution >= 4 is 0 Å². The summed E-state index contributed by atoms with van der Waals surface area (Å²) in [6.07, 6.45) is 4.21. The lowest BCUT2D eigenvalue weighted by molar-refractivity contribution is 0.148. The summed E-state index contributed by atoms with van der Waals surface area (Å²) in [4.78, 5) is 14.0. The van der Waals surface area contributed by atoms with E-state index in [0.717, 1.165) is 26.2 Å². The van der Waals surface area contributed by atoms with Gasteiger partial charge in [0.2, 0.25) is 0 Å². The number of pyridine rings is 1. The first kappa shape index (κ1) is 13.3. The number of piperidine rings is 1. The van der Waals surface area contributed by atoms with Gasteiger partial charge >= 0.3 is 0 Å². The minimum atomic E-state index is 0.0922. The van der Waals surface area contributed by atoms with Gasteiger partial charge < -0.3 is 14.8 Å². The van der Waals surface area contributed by atoms with E-state index >= 15 is 0 Å². The fourth-order valence-corrected chi connectivity index (χ4v) is 2.41. The van der Waals surface area contributed by atoms with Crippen LogP contribution in [0.2, 0.25) is 0 Å². The number of hydrogen-bond donors (Lipinski definition) is 1. The van der Waals surface area contributed by atoms with Crippen LogP contribution in [0.3, 0.4) is 0 Å². The fraction of sp³-hybridized carbons (Fsp3) is 0.643. The maximum absolute atomic E-state index is 11.6. The second kappa shape index (κ2) is 5.67. The number of hydrogen-bond acceptors (Lipinski definition) is 3. The van der Waals surface area contributed by atoms with E-state index < -0.39 is 0 Å². The van der Waals surface area contributed by atoms with Gasteiger partial charge in [0.25, 0.3) is 5.56 Å². The average Bonchev–Trinajstić information content (AvgIpc) is 2.40. The zero-order chi connectivity index (χ0) is 13.0. The normalized spacial score (nSPS) is 19.9. The lowest BCUT2D eigenvalue weighted by atomic mass is 9.90. The van der Waals surface area contributed by atoms with E-state index in [0.29, 0.717) is 5.54 Å². The maximum Gasteiger partial charge on any atom is 0.250 e. The minimum Gasteiger partial charge on any atom is -0.314 e. The summed E-state index contributed by atoms with van der Waals surface area (Å²) in [5.41, 5.74) is 0.384. The molecule has 0 amide bonds. The van der Waals surface area contributed by atoms with Crippen LogP contribution in [0.4, 0.5) is 0 Å². The van der Waals surface area contributed by atoms with Crippen LogP contribution in [0.1, 0.15) is 19.8 Å². The highest BCUT2D eigenvalue weighted by atomic mass is 16.1. The highest BCUT2D eigenvalue weighted by Crippen LogP contribution is 2.20. The molecular weight excluding hydrogens is 226 g/mol. The van der Waals surface area contributed by atoms with E-state index in [9.17, 15) is 4.79 Å². The molecule has 0 aromatic carbocycles. The van der Waals surface area contributed by atoms with Crippen LogP contribution in [-0.2, 0) is 6.54 Å². The summed E-state index contributed by atoms with van der Waals surface area (Å²) >= 11 is 0. The summed E-state index contributed by atoms with van der Waals surface area (Å²) in [6.45, 7) is 6.25. The van der Waals surface area contributed by atoms with Gasteiger partial charge in [-0.05, 0) is 46.0 Å². The van der Waals surface area contributed by atoms with Crippen molar-refractivity contribution in [3.05, 3.63) is 34.7 Å². The molecule has 1 aliphatic rings. The smallest absolute Gasteiger partial charge is 0.250 e. The predicted octanol–water partition coefficient (Wildman–Crippen LogP) is 0.922. The quantitative estimate of drug-likeness (QED) is 0.862. The van der Waals surface area contributed by atoms with Gasteiger partial charge in [0.1, 0.15) is 0 Å². The second-order valence-corrected chi connectivity index (χ2v) is 5.38. The van der Waals surface area contributed by atoms with E-state index in [1.54, 1.807) is 16.7 Å². The molecule has 4 nitrogen and oxygen atoms in total. The van der Waals surface area contributed by atoms with Crippen molar-refractivity contribution in [1.82, 2.24) is 14.8 Å². The molecule has 18 heavy (non-hydrogen) atoms. The van der Waals surface area contributed by atoms with Crippen molar-refractivity contribution in [3.8, 4) is 0 Å². The van der Waals surface area contributed by atoms with Crippen molar-refractivity contribution in [1.29, 1.82) is 0 Å². The fourth-order valence-electron chi connectivity index (χ4n) is 2.41. The second-order valence-electron chi connectivity index (χ2n) is 5.38. The van der Waals surface area contributed by atoms with Crippen molar-refractivity contribution in [2.45, 2.75) is 31.8 Å². The number of likely N-dealkylation sites (tertiary alicyclic amines) is 1. The van der Waals surface area contributed by atoms with Gasteiger partial charge in [0.15, 0.2) is 0 Å². The van der Waals surface area contributed by atoms with Crippen LogP contribution in [0.5, 0.6) is 0 Å². The third kappa shape index (κ3) is 3.21. The maximum atomic E-state index is 11.6. The Balaban J connectivity index is 1.83. The lowest BCUT2D eigenvalue weighted by Gasteiger charge is -2.39. The monoisotopic (exact) mass is 249 g/mol. The lowest BCUT2D eigenvalue weighted by Crippen LogP contribution is -2.50. The topological polar surface area (TPSA) is 37.3 Å². The van der Waals surface area contributed by atoms with Crippen LogP contribution < -0.4 is 10.9 Å². The first-order valence-corrected chi connectivity index (χ1v) is 6.70. The minimum absolute atomic E-state index is 0.0922. The summed E-state index contributed by atoms with van der Waals surface area (Å²) < 4.78 is 1.78. The highest BCUT2D eigenvalue weighted by molar-refractivity contribution is 4.93. The number of nitrogens with zero attached hydrogens (tertiary/aromatic N) is 2. The Labute approximate surface area is 109 Å². The molecule has 0 saturated carbocycles. The van der Waals surface area contributed by atoms with Gasteiger partial charge in [-0.3, -0.25) is 4.79 Å². The van der Waals surface area contributed by atoms with E-state index in [1.807, 2.05) is 19.3 Å². The Kier molecular flexibility index (Phi) is 4.19. The van der Waals surface area contributed by atoms with Crippen LogP contribution >= 0.6 is 0 Å². The van der Waals surface area contributed by atoms with Crippen molar-refractivity contribution in [2.75, 3.05) is 26.7 Å². The first-order chi connectivity index (χ1) is 8.63. The first-order valence-electron chi connectivity index (χ1n) is 6.70. The van der Waals surface area contributed by atoms with Gasteiger partial charge in [-0.15, -0.1) is 0 Å². The molecule has 1 N–H and O–H groups in total. The van der Waals surface area contributed by atoms with Crippen LogP contribution in [-0.4, -0.2) is 41.7 Å². The SMILES string of the molecule is CNC1(C)CCN(CCn2ccccc2=O)CC1. The molecule has 4 heteroatoms. The summed E-state index contributed by atoms with van der Waals surface area (Å²) in [7, 11) is 2.04. The number of aromatic nitrogens is 1. The van der Waals surface area contributed by atoms with Gasteiger partial charge in [0.05, 0.1) is 0 Å². The summed E-state index contributed by atoms with van der Waals surface area (Å²) in [6, 6.07) is 5.32. The Morgan fingerprint density at radius 1 is 1.28 bits per heavy atom. The van der Waals surface area contributed by atoms with E-state index in [1.165, 1.54) is 12.8 Å². The molecule has 2 rings (SSSR count). The zero-order valence-electron chi connectivity index (χ0n) is 11.4. The summed E-state index contributed by atoms with van der Waals surface area (Å²) in [5.74, 6) is 0. The number of rotatable bonds is 4. The number of nitrogens with one attached hydrogen (secondary N) is 1. The summed E-state index contributed by atoms with van der Waals surface area (Å²) in [5, 5.41) is 3.40. The van der Waals surface area contributed by atoms with Gasteiger partial charge in [-0.25, -0.2) is 0 Å². The van der Waals surface area contributed by atoms with Gasteiger partial charge in [-0.2, -0.15) is 0 Å². The van der Waals surface area contributed by atoms with Crippen LogP contribution in [0.15, 0.2) is 29.2 Å².